The number of ether oxygens (including phenoxy) is 1. The highest BCUT2D eigenvalue weighted by Crippen LogP contribution is 2.34. The Kier molecular flexibility index (Phi) is 9.44. The number of nitrogens with zero attached hydrogens (tertiary/aromatic N) is 5. The Labute approximate surface area is 266 Å². The third-order valence-electron chi connectivity index (χ3n) is 7.65. The summed E-state index contributed by atoms with van der Waals surface area (Å²) in [4.78, 5) is 51.0. The van der Waals surface area contributed by atoms with Crippen molar-refractivity contribution < 1.29 is 27.5 Å². The van der Waals surface area contributed by atoms with E-state index in [0.29, 0.717) is 61.8 Å². The van der Waals surface area contributed by atoms with Gasteiger partial charge in [0.2, 0.25) is 11.9 Å². The number of benzene rings is 2. The van der Waals surface area contributed by atoms with Gasteiger partial charge >= 0.3 is 6.03 Å². The van der Waals surface area contributed by atoms with Gasteiger partial charge in [0.05, 0.1) is 34.8 Å². The van der Waals surface area contributed by atoms with Crippen molar-refractivity contribution in [3.05, 3.63) is 53.7 Å². The second-order valence-corrected chi connectivity index (χ2v) is 13.8. The molecule has 1 aromatic heterocycles. The molecular formula is C30H34ClN7O6S. The van der Waals surface area contributed by atoms with Gasteiger partial charge in [-0.1, -0.05) is 23.7 Å². The largest absolute Gasteiger partial charge is 0.494 e. The van der Waals surface area contributed by atoms with E-state index in [0.717, 1.165) is 0 Å². The molecule has 3 amide bonds. The van der Waals surface area contributed by atoms with E-state index < -0.39 is 15.1 Å². The fourth-order valence-electron chi connectivity index (χ4n) is 5.02. The number of rotatable bonds is 10. The molecule has 45 heavy (non-hydrogen) atoms. The molecule has 0 radical (unpaired) electrons. The molecule has 2 saturated heterocycles. The van der Waals surface area contributed by atoms with Crippen LogP contribution in [0, 0.1) is 0 Å². The molecule has 2 aliphatic heterocycles. The van der Waals surface area contributed by atoms with Crippen LogP contribution < -0.4 is 20.3 Å². The highest BCUT2D eigenvalue weighted by atomic mass is 35.5. The summed E-state index contributed by atoms with van der Waals surface area (Å²) in [7, 11) is -2.09. The number of halogens is 1. The van der Waals surface area contributed by atoms with Crippen LogP contribution in [0.4, 0.5) is 33.6 Å². The number of piperidine rings is 1. The van der Waals surface area contributed by atoms with Crippen molar-refractivity contribution in [2.24, 2.45) is 0 Å². The van der Waals surface area contributed by atoms with Gasteiger partial charge in [0.25, 0.3) is 0 Å². The minimum Gasteiger partial charge on any atom is -0.494 e. The van der Waals surface area contributed by atoms with Gasteiger partial charge in [0.15, 0.2) is 15.7 Å². The molecule has 0 spiro atoms. The third-order valence-corrected chi connectivity index (χ3v) is 10.1. The summed E-state index contributed by atoms with van der Waals surface area (Å²) in [5, 5.41) is 5.68. The van der Waals surface area contributed by atoms with Crippen LogP contribution in [0.1, 0.15) is 26.7 Å². The third kappa shape index (κ3) is 6.96. The van der Waals surface area contributed by atoms with Crippen molar-refractivity contribution >= 4 is 68.0 Å². The van der Waals surface area contributed by atoms with Crippen LogP contribution in [0.2, 0.25) is 5.02 Å². The minimum atomic E-state index is -3.58. The number of hydrogen-bond donors (Lipinski definition) is 2. The van der Waals surface area contributed by atoms with Gasteiger partial charge in [-0.3, -0.25) is 14.5 Å². The summed E-state index contributed by atoms with van der Waals surface area (Å²) in [6, 6.07) is 11.4. The molecule has 13 nitrogen and oxygen atoms in total. The molecule has 3 aromatic rings. The first-order valence-electron chi connectivity index (χ1n) is 14.4. The number of aromatic nitrogens is 2. The molecule has 238 valence electrons. The van der Waals surface area contributed by atoms with Crippen molar-refractivity contribution in [3.8, 4) is 5.75 Å². The summed E-state index contributed by atoms with van der Waals surface area (Å²) < 4.78 is 31.4. The first-order chi connectivity index (χ1) is 21.5. The zero-order chi connectivity index (χ0) is 32.3. The smallest absolute Gasteiger partial charge is 0.325 e. The number of likely N-dealkylation sites (tertiary alicyclic amines) is 1. The lowest BCUT2D eigenvalue weighted by molar-refractivity contribution is -0.134. The summed E-state index contributed by atoms with van der Waals surface area (Å²) in [5.41, 5.74) is 1.43. The number of nitrogens with one attached hydrogen (secondary N) is 2. The summed E-state index contributed by atoms with van der Waals surface area (Å²) in [6.45, 7) is 4.73. The molecular weight excluding hydrogens is 622 g/mol. The fraction of sp³-hybridized carbons (Fsp3) is 0.367. The summed E-state index contributed by atoms with van der Waals surface area (Å²) >= 11 is 6.37. The first kappa shape index (κ1) is 32.0. The number of ketones is 1. The average molecular weight is 656 g/mol. The zero-order valence-electron chi connectivity index (χ0n) is 25.1. The molecule has 0 atom stereocenters. The van der Waals surface area contributed by atoms with Gasteiger partial charge in [0.1, 0.15) is 23.1 Å². The van der Waals surface area contributed by atoms with E-state index in [-0.39, 0.29) is 46.0 Å². The van der Waals surface area contributed by atoms with Gasteiger partial charge in [-0.25, -0.2) is 18.2 Å². The molecule has 15 heteroatoms. The van der Waals surface area contributed by atoms with Crippen LogP contribution in [0.15, 0.2) is 53.6 Å². The van der Waals surface area contributed by atoms with E-state index >= 15 is 0 Å². The van der Waals surface area contributed by atoms with Crippen LogP contribution in [0.3, 0.4) is 0 Å². The van der Waals surface area contributed by atoms with Crippen LogP contribution in [0.5, 0.6) is 5.75 Å². The molecule has 2 N–H and O–H groups in total. The molecule has 0 saturated carbocycles. The summed E-state index contributed by atoms with van der Waals surface area (Å²) in [6.07, 6.45) is 2.09. The van der Waals surface area contributed by atoms with E-state index in [2.05, 4.69) is 20.6 Å². The second kappa shape index (κ2) is 13.3. The number of sulfone groups is 1. The SMILES string of the molecule is COc1cc(N2CCN(CC(=O)N3CCC(=O)CC3)C2=O)ccc1Nc1ncc(Cl)c(Nc2ccccc2S(=O)(=O)C(C)C)n1. The van der Waals surface area contributed by atoms with Crippen LogP contribution in [0.25, 0.3) is 0 Å². The minimum absolute atomic E-state index is 0.0432. The zero-order valence-corrected chi connectivity index (χ0v) is 26.7. The molecule has 0 unspecified atom stereocenters. The van der Waals surface area contributed by atoms with Gasteiger partial charge in [-0.15, -0.1) is 0 Å². The van der Waals surface area contributed by atoms with E-state index in [1.807, 2.05) is 0 Å². The number of carbonyl (C=O) groups excluding carboxylic acids is 3. The Bertz CT molecular complexity index is 1730. The lowest BCUT2D eigenvalue weighted by Crippen LogP contribution is -2.45. The molecule has 0 aliphatic carbocycles. The Morgan fingerprint density at radius 3 is 2.47 bits per heavy atom. The van der Waals surface area contributed by atoms with Crippen molar-refractivity contribution in [1.29, 1.82) is 0 Å². The highest BCUT2D eigenvalue weighted by Gasteiger charge is 2.33. The second-order valence-electron chi connectivity index (χ2n) is 10.9. The monoisotopic (exact) mass is 655 g/mol. The Morgan fingerprint density at radius 1 is 1.02 bits per heavy atom. The lowest BCUT2D eigenvalue weighted by Gasteiger charge is -2.28. The van der Waals surface area contributed by atoms with Crippen molar-refractivity contribution in [2.75, 3.05) is 55.4 Å². The molecule has 0 bridgehead atoms. The topological polar surface area (TPSA) is 154 Å². The Balaban J connectivity index is 1.29. The molecule has 2 fully saturated rings. The van der Waals surface area contributed by atoms with Gasteiger partial charge < -0.3 is 25.2 Å². The molecule has 5 rings (SSSR count). The van der Waals surface area contributed by atoms with E-state index in [1.165, 1.54) is 24.3 Å². The van der Waals surface area contributed by atoms with Crippen molar-refractivity contribution in [3.63, 3.8) is 0 Å². The normalized spacial score (nSPS) is 15.5. The first-order valence-corrected chi connectivity index (χ1v) is 16.3. The Hall–Kier alpha value is -4.43. The number of Topliss-reactive ketones (excluding diaryl/α,β-unsaturated/α-hetero) is 1. The summed E-state index contributed by atoms with van der Waals surface area (Å²) in [5.74, 6) is 0.753. The number of anilines is 5. The number of carbonyl (C=O) groups is 3. The van der Waals surface area contributed by atoms with E-state index in [9.17, 15) is 22.8 Å². The molecule has 2 aliphatic rings. The fourth-order valence-corrected chi connectivity index (χ4v) is 6.36. The van der Waals surface area contributed by atoms with Crippen LogP contribution in [-0.2, 0) is 19.4 Å². The van der Waals surface area contributed by atoms with E-state index in [4.69, 9.17) is 16.3 Å². The van der Waals surface area contributed by atoms with Gasteiger partial charge in [0, 0.05) is 50.8 Å². The van der Waals surface area contributed by atoms with Gasteiger partial charge in [-0.2, -0.15) is 4.98 Å². The average Bonchev–Trinajstić information content (AvgIpc) is 3.38. The predicted octanol–water partition coefficient (Wildman–Crippen LogP) is 4.24. The van der Waals surface area contributed by atoms with Crippen molar-refractivity contribution in [2.45, 2.75) is 36.8 Å². The molecule has 3 heterocycles. The maximum Gasteiger partial charge on any atom is 0.325 e. The van der Waals surface area contributed by atoms with Crippen molar-refractivity contribution in [1.82, 2.24) is 19.8 Å². The number of para-hydroxylation sites is 1. The van der Waals surface area contributed by atoms with Gasteiger partial charge in [-0.05, 0) is 38.1 Å². The Morgan fingerprint density at radius 2 is 1.76 bits per heavy atom. The maximum absolute atomic E-state index is 13.2. The van der Waals surface area contributed by atoms with E-state index in [1.54, 1.807) is 60.0 Å². The maximum atomic E-state index is 13.2. The predicted molar refractivity (Wildman–Crippen MR) is 171 cm³/mol. The number of urea groups is 1. The number of hydrogen-bond acceptors (Lipinski definition) is 10. The highest BCUT2D eigenvalue weighted by molar-refractivity contribution is 7.92. The quantitative estimate of drug-likeness (QED) is 0.324. The molecule has 2 aromatic carbocycles. The standard InChI is InChI=1S/C30H34ClN7O6S/c1-19(2)45(42,43)26-7-5-4-6-24(26)33-28-22(31)17-32-29(35-28)34-23-9-8-20(16-25(23)44-3)38-15-14-37(30(38)41)18-27(40)36-12-10-21(39)11-13-36/h4-9,16-17,19H,10-15,18H2,1-3H3,(H2,32,33,34,35). The van der Waals surface area contributed by atoms with Crippen LogP contribution >= 0.6 is 11.6 Å². The number of amides is 3. The van der Waals surface area contributed by atoms with Crippen LogP contribution in [-0.4, -0.2) is 91.0 Å². The number of methoxy groups -OCH3 is 1. The lowest BCUT2D eigenvalue weighted by atomic mass is 10.1.